The molecule has 0 fully saturated rings. The molecule has 0 aromatic carbocycles. The number of fused-ring (bicyclic) bond motifs is 8. The molecule has 0 saturated heterocycles. The largest absolute Gasteiger partial charge is 0.355 e. The van der Waals surface area contributed by atoms with Crippen molar-refractivity contribution in [3.05, 3.63) is 69.3 Å². The van der Waals surface area contributed by atoms with Gasteiger partial charge < -0.3 is 9.97 Å². The highest BCUT2D eigenvalue weighted by Crippen LogP contribution is 2.38. The van der Waals surface area contributed by atoms with Crippen LogP contribution >= 0.6 is 0 Å². The summed E-state index contributed by atoms with van der Waals surface area (Å²) in [6.45, 7) is 23.4. The van der Waals surface area contributed by atoms with Crippen molar-refractivity contribution in [2.24, 2.45) is 0 Å². The SMILES string of the molecule is CCC1=C(CC)c2cc3[nH]c(cc4[nH]c(cc5nc(cc1n2)C(CN(CC)CC)=C5CC)c(CC)c4CC)c(CC)c3CC. The van der Waals surface area contributed by atoms with E-state index in [1.54, 1.807) is 0 Å². The monoisotopic (exact) mass is 591 g/mol. The van der Waals surface area contributed by atoms with Gasteiger partial charge in [-0.3, -0.25) is 4.90 Å². The second-order valence-electron chi connectivity index (χ2n) is 12.0. The van der Waals surface area contributed by atoms with Crippen molar-refractivity contribution in [1.29, 1.82) is 0 Å². The number of nitrogens with zero attached hydrogens (tertiary/aromatic N) is 3. The lowest BCUT2D eigenvalue weighted by atomic mass is 9.98. The van der Waals surface area contributed by atoms with E-state index >= 15 is 0 Å². The van der Waals surface area contributed by atoms with Gasteiger partial charge in [-0.05, 0) is 127 Å². The molecule has 5 heteroatoms. The van der Waals surface area contributed by atoms with Gasteiger partial charge >= 0.3 is 0 Å². The molecule has 234 valence electrons. The van der Waals surface area contributed by atoms with E-state index in [0.29, 0.717) is 0 Å². The third-order valence-electron chi connectivity index (χ3n) is 9.89. The van der Waals surface area contributed by atoms with E-state index in [2.05, 4.69) is 101 Å². The number of aromatic nitrogens is 4. The third-order valence-corrected chi connectivity index (χ3v) is 9.89. The van der Waals surface area contributed by atoms with Crippen molar-refractivity contribution < 1.29 is 0 Å². The van der Waals surface area contributed by atoms with E-state index in [1.807, 2.05) is 0 Å². The van der Waals surface area contributed by atoms with Crippen LogP contribution in [0.3, 0.4) is 0 Å². The predicted octanol–water partition coefficient (Wildman–Crippen LogP) is 9.96. The number of hydrogen-bond donors (Lipinski definition) is 2. The summed E-state index contributed by atoms with van der Waals surface area (Å²) in [5.41, 5.74) is 20.2. The molecule has 2 aliphatic rings. The molecule has 2 aliphatic heterocycles. The number of likely N-dealkylation sites (N-methyl/N-ethyl adjacent to an activating group) is 1. The molecule has 0 saturated carbocycles. The van der Waals surface area contributed by atoms with Crippen molar-refractivity contribution in [2.75, 3.05) is 19.6 Å². The van der Waals surface area contributed by atoms with Crippen LogP contribution < -0.4 is 0 Å². The Balaban J connectivity index is 1.99. The van der Waals surface area contributed by atoms with Crippen molar-refractivity contribution in [3.8, 4) is 0 Å². The number of hydrogen-bond acceptors (Lipinski definition) is 3. The average Bonchev–Trinajstić information content (AvgIpc) is 3.75. The first kappa shape index (κ1) is 32.0. The van der Waals surface area contributed by atoms with Gasteiger partial charge in [0.1, 0.15) is 0 Å². The van der Waals surface area contributed by atoms with E-state index in [0.717, 1.165) is 87.4 Å². The molecule has 0 amide bonds. The van der Waals surface area contributed by atoms with Crippen molar-refractivity contribution >= 4 is 44.4 Å². The number of allylic oxidation sites excluding steroid dienone is 3. The number of nitrogens with one attached hydrogen (secondary N) is 2. The normalized spacial score (nSPS) is 13.6. The topological polar surface area (TPSA) is 60.6 Å². The molecule has 2 N–H and O–H groups in total. The minimum absolute atomic E-state index is 0.903. The third kappa shape index (κ3) is 5.60. The molecule has 0 radical (unpaired) electrons. The van der Waals surface area contributed by atoms with Gasteiger partial charge in [0.15, 0.2) is 0 Å². The number of aryl methyl sites for hydroxylation is 4. The molecule has 44 heavy (non-hydrogen) atoms. The van der Waals surface area contributed by atoms with E-state index in [-0.39, 0.29) is 0 Å². The maximum absolute atomic E-state index is 5.40. The minimum Gasteiger partial charge on any atom is -0.355 e. The summed E-state index contributed by atoms with van der Waals surface area (Å²) in [5.74, 6) is 0. The van der Waals surface area contributed by atoms with Gasteiger partial charge in [0, 0.05) is 28.6 Å². The van der Waals surface area contributed by atoms with Gasteiger partial charge in [-0.15, -0.1) is 0 Å². The lowest BCUT2D eigenvalue weighted by Gasteiger charge is -2.19. The maximum Gasteiger partial charge on any atom is 0.0707 e. The highest BCUT2D eigenvalue weighted by atomic mass is 15.1. The Kier molecular flexibility index (Phi) is 9.94. The quantitative estimate of drug-likeness (QED) is 0.233. The van der Waals surface area contributed by atoms with Crippen LogP contribution in [0.4, 0.5) is 0 Å². The zero-order valence-electron chi connectivity index (χ0n) is 28.7. The molecule has 0 spiro atoms. The van der Waals surface area contributed by atoms with E-state index in [9.17, 15) is 0 Å². The molecule has 0 aliphatic carbocycles. The first-order valence-corrected chi connectivity index (χ1v) is 17.3. The van der Waals surface area contributed by atoms with Crippen LogP contribution in [0.25, 0.3) is 44.4 Å². The zero-order valence-corrected chi connectivity index (χ0v) is 28.7. The predicted molar refractivity (Wildman–Crippen MR) is 191 cm³/mol. The van der Waals surface area contributed by atoms with E-state index < -0.39 is 0 Å². The Morgan fingerprint density at radius 1 is 0.432 bits per heavy atom. The summed E-state index contributed by atoms with van der Waals surface area (Å²) >= 11 is 0. The second kappa shape index (κ2) is 13.7. The lowest BCUT2D eigenvalue weighted by Crippen LogP contribution is -2.25. The number of aromatic amines is 2. The van der Waals surface area contributed by atoms with E-state index in [4.69, 9.17) is 9.97 Å². The van der Waals surface area contributed by atoms with Gasteiger partial charge in [0.25, 0.3) is 0 Å². The lowest BCUT2D eigenvalue weighted by molar-refractivity contribution is 0.342. The molecule has 0 unspecified atom stereocenters. The van der Waals surface area contributed by atoms with Crippen molar-refractivity contribution in [3.63, 3.8) is 0 Å². The van der Waals surface area contributed by atoms with Crippen LogP contribution in [0.2, 0.25) is 0 Å². The fourth-order valence-electron chi connectivity index (χ4n) is 7.55. The molecule has 5 nitrogen and oxygen atoms in total. The van der Waals surface area contributed by atoms with Gasteiger partial charge in [-0.2, -0.15) is 0 Å². The summed E-state index contributed by atoms with van der Waals surface area (Å²) in [6.07, 6.45) is 6.81. The fourth-order valence-corrected chi connectivity index (χ4v) is 7.55. The second-order valence-corrected chi connectivity index (χ2v) is 12.0. The zero-order chi connectivity index (χ0) is 31.5. The molecule has 5 heterocycles. The summed E-state index contributed by atoms with van der Waals surface area (Å²) in [6, 6.07) is 9.31. The molecule has 8 bridgehead atoms. The Morgan fingerprint density at radius 3 is 1.14 bits per heavy atom. The molecule has 0 atom stereocenters. The minimum atomic E-state index is 0.903. The van der Waals surface area contributed by atoms with Crippen LogP contribution in [-0.4, -0.2) is 44.5 Å². The van der Waals surface area contributed by atoms with Crippen LogP contribution in [0.5, 0.6) is 0 Å². The molecule has 3 aromatic heterocycles. The van der Waals surface area contributed by atoms with Crippen LogP contribution in [0.15, 0.2) is 24.3 Å². The average molecular weight is 592 g/mol. The first-order valence-electron chi connectivity index (χ1n) is 17.3. The van der Waals surface area contributed by atoms with Crippen LogP contribution in [-0.2, 0) is 25.7 Å². The summed E-state index contributed by atoms with van der Waals surface area (Å²) in [5, 5.41) is 0. The summed E-state index contributed by atoms with van der Waals surface area (Å²) < 4.78 is 0. The summed E-state index contributed by atoms with van der Waals surface area (Å²) in [4.78, 5) is 21.0. The van der Waals surface area contributed by atoms with Crippen LogP contribution in [0, 0.1) is 0 Å². The van der Waals surface area contributed by atoms with Crippen LogP contribution in [0.1, 0.15) is 127 Å². The highest BCUT2D eigenvalue weighted by molar-refractivity contribution is 5.96. The number of rotatable bonds is 11. The Hall–Kier alpha value is -3.44. The molecule has 5 rings (SSSR count). The van der Waals surface area contributed by atoms with Gasteiger partial charge in [0.05, 0.1) is 22.8 Å². The first-order chi connectivity index (χ1) is 21.4. The molecular weight excluding hydrogens is 538 g/mol. The smallest absolute Gasteiger partial charge is 0.0707 e. The standard InChI is InChI=1S/C39H53N5/c1-10-24-25(11-2)33-20-35-28(14-5)29(15-6)37(42-35)22-39-31(23-44(17-8)18-9)30(16-7)38(43-39)21-36-27(13-4)26(12-3)34(41-36)19-32(24)40-33/h19-22,40-41H,10-18,23H2,1-9H3. The summed E-state index contributed by atoms with van der Waals surface area (Å²) in [7, 11) is 0. The molecule has 3 aromatic rings. The van der Waals surface area contributed by atoms with Gasteiger partial charge in [-0.25, -0.2) is 9.97 Å². The molecular formula is C39H53N5. The van der Waals surface area contributed by atoms with Crippen molar-refractivity contribution in [2.45, 2.75) is 107 Å². The van der Waals surface area contributed by atoms with Gasteiger partial charge in [-0.1, -0.05) is 62.3 Å². The number of H-pyrrole nitrogens is 2. The van der Waals surface area contributed by atoms with Crippen molar-refractivity contribution in [1.82, 2.24) is 24.8 Å². The Morgan fingerprint density at radius 2 is 0.773 bits per heavy atom. The maximum atomic E-state index is 5.40. The fraction of sp³-hybridized carbons (Fsp3) is 0.487. The Labute approximate surface area is 264 Å². The van der Waals surface area contributed by atoms with E-state index in [1.165, 1.54) is 66.6 Å². The van der Waals surface area contributed by atoms with Gasteiger partial charge in [0.2, 0.25) is 0 Å². The highest BCUT2D eigenvalue weighted by Gasteiger charge is 2.24. The Bertz CT molecular complexity index is 1760.